The van der Waals surface area contributed by atoms with Crippen molar-refractivity contribution < 1.29 is 24.2 Å². The van der Waals surface area contributed by atoms with E-state index in [-0.39, 0.29) is 24.9 Å². The SMILES string of the molecule is Cc1cccc(C(C(=O)NCc2ccccc2)N(C(=O)CNC(=O)OC(C)(C)C)C2CCC2)c1O. The van der Waals surface area contributed by atoms with Crippen LogP contribution < -0.4 is 10.6 Å². The second-order valence-corrected chi connectivity index (χ2v) is 9.86. The molecule has 0 heterocycles. The number of rotatable bonds is 8. The lowest BCUT2D eigenvalue weighted by atomic mass is 9.88. The van der Waals surface area contributed by atoms with Crippen molar-refractivity contribution in [2.45, 2.75) is 71.2 Å². The first-order chi connectivity index (χ1) is 16.6. The number of hydrogen-bond acceptors (Lipinski definition) is 5. The fraction of sp³-hybridized carbons (Fsp3) is 0.444. The van der Waals surface area contributed by atoms with Crippen molar-refractivity contribution >= 4 is 17.9 Å². The summed E-state index contributed by atoms with van der Waals surface area (Å²) in [5.74, 6) is -0.835. The summed E-state index contributed by atoms with van der Waals surface area (Å²) in [6, 6.07) is 13.4. The number of phenols is 1. The normalized spacial score (nSPS) is 14.4. The summed E-state index contributed by atoms with van der Waals surface area (Å²) in [5.41, 5.74) is 1.18. The molecule has 1 unspecified atom stereocenters. The number of nitrogens with one attached hydrogen (secondary N) is 2. The van der Waals surface area contributed by atoms with Gasteiger partial charge in [0.15, 0.2) is 0 Å². The quantitative estimate of drug-likeness (QED) is 0.529. The van der Waals surface area contributed by atoms with Gasteiger partial charge in [0.25, 0.3) is 0 Å². The maximum Gasteiger partial charge on any atom is 0.408 e. The van der Waals surface area contributed by atoms with Crippen LogP contribution in [0.2, 0.25) is 0 Å². The summed E-state index contributed by atoms with van der Waals surface area (Å²) in [7, 11) is 0. The molecule has 1 fully saturated rings. The molecule has 0 saturated heterocycles. The fourth-order valence-corrected chi connectivity index (χ4v) is 3.98. The summed E-state index contributed by atoms with van der Waals surface area (Å²) in [4.78, 5) is 40.7. The minimum atomic E-state index is -1.04. The van der Waals surface area contributed by atoms with Crippen molar-refractivity contribution in [3.63, 3.8) is 0 Å². The van der Waals surface area contributed by atoms with Gasteiger partial charge in [0.1, 0.15) is 23.9 Å². The van der Waals surface area contributed by atoms with E-state index in [0.717, 1.165) is 24.8 Å². The van der Waals surface area contributed by atoms with Crippen LogP contribution in [0, 0.1) is 6.92 Å². The predicted octanol–water partition coefficient (Wildman–Crippen LogP) is 3.96. The van der Waals surface area contributed by atoms with Crippen LogP contribution in [0.5, 0.6) is 5.75 Å². The van der Waals surface area contributed by atoms with Crippen molar-refractivity contribution in [2.75, 3.05) is 6.54 Å². The molecule has 0 bridgehead atoms. The zero-order chi connectivity index (χ0) is 25.6. The molecule has 1 atom stereocenters. The number of alkyl carbamates (subject to hydrolysis) is 1. The van der Waals surface area contributed by atoms with Crippen LogP contribution in [0.1, 0.15) is 62.8 Å². The van der Waals surface area contributed by atoms with Gasteiger partial charge in [-0.3, -0.25) is 9.59 Å². The number of phenolic OH excluding ortho intramolecular Hbond substituents is 1. The molecule has 3 rings (SSSR count). The van der Waals surface area contributed by atoms with E-state index in [0.29, 0.717) is 11.1 Å². The van der Waals surface area contributed by atoms with Crippen LogP contribution in [-0.4, -0.2) is 46.1 Å². The summed E-state index contributed by atoms with van der Waals surface area (Å²) >= 11 is 0. The van der Waals surface area contributed by atoms with Crippen LogP contribution in [0.25, 0.3) is 0 Å². The van der Waals surface area contributed by atoms with Crippen molar-refractivity contribution in [3.05, 3.63) is 65.2 Å². The number of carbonyl (C=O) groups is 3. The number of aryl methyl sites for hydroxylation is 1. The topological polar surface area (TPSA) is 108 Å². The molecule has 1 aliphatic rings. The van der Waals surface area contributed by atoms with Gasteiger partial charge in [0.05, 0.1) is 0 Å². The van der Waals surface area contributed by atoms with E-state index in [1.54, 1.807) is 45.9 Å². The van der Waals surface area contributed by atoms with Gasteiger partial charge in [0, 0.05) is 18.2 Å². The highest BCUT2D eigenvalue weighted by atomic mass is 16.6. The van der Waals surface area contributed by atoms with Crippen LogP contribution in [0.15, 0.2) is 48.5 Å². The average Bonchev–Trinajstić information content (AvgIpc) is 2.76. The molecule has 0 aliphatic heterocycles. The zero-order valence-electron chi connectivity index (χ0n) is 20.8. The third kappa shape index (κ3) is 6.97. The molecule has 1 saturated carbocycles. The third-order valence-electron chi connectivity index (χ3n) is 5.94. The maximum absolute atomic E-state index is 13.6. The molecule has 0 aromatic heterocycles. The molecule has 3 N–H and O–H groups in total. The lowest BCUT2D eigenvalue weighted by molar-refractivity contribution is -0.145. The van der Waals surface area contributed by atoms with Gasteiger partial charge in [-0.15, -0.1) is 0 Å². The monoisotopic (exact) mass is 481 g/mol. The molecule has 2 aromatic rings. The van der Waals surface area contributed by atoms with E-state index in [9.17, 15) is 19.5 Å². The second-order valence-electron chi connectivity index (χ2n) is 9.86. The first kappa shape index (κ1) is 26.1. The molecule has 0 radical (unpaired) electrons. The Morgan fingerprint density at radius 2 is 1.74 bits per heavy atom. The van der Waals surface area contributed by atoms with Crippen LogP contribution >= 0.6 is 0 Å². The van der Waals surface area contributed by atoms with E-state index in [4.69, 9.17) is 4.74 Å². The molecular weight excluding hydrogens is 446 g/mol. The molecule has 3 amide bonds. The average molecular weight is 482 g/mol. The number of amides is 3. The first-order valence-corrected chi connectivity index (χ1v) is 11.9. The summed E-state index contributed by atoms with van der Waals surface area (Å²) in [5, 5.41) is 16.3. The second kappa shape index (κ2) is 11.3. The Kier molecular flexibility index (Phi) is 8.38. The van der Waals surface area contributed by atoms with Crippen LogP contribution in [0.4, 0.5) is 4.79 Å². The maximum atomic E-state index is 13.6. The molecule has 0 spiro atoms. The summed E-state index contributed by atoms with van der Waals surface area (Å²) < 4.78 is 5.24. The minimum absolute atomic E-state index is 0.0235. The molecule has 1 aliphatic carbocycles. The number of benzene rings is 2. The Labute approximate surface area is 206 Å². The number of nitrogens with zero attached hydrogens (tertiary/aromatic N) is 1. The van der Waals surface area contributed by atoms with E-state index >= 15 is 0 Å². The van der Waals surface area contributed by atoms with Gasteiger partial charge in [-0.05, 0) is 58.1 Å². The molecule has 35 heavy (non-hydrogen) atoms. The standard InChI is InChI=1S/C27H35N3O5/c1-18-10-8-15-21(24(18)32)23(25(33)28-16-19-11-6-5-7-12-19)30(20-13-9-14-20)22(31)17-29-26(34)35-27(2,3)4/h5-8,10-12,15,20,23,32H,9,13-14,16-17H2,1-4H3,(H,28,33)(H,29,34). The highest BCUT2D eigenvalue weighted by Crippen LogP contribution is 2.37. The number of aromatic hydroxyl groups is 1. The molecule has 8 heteroatoms. The predicted molar refractivity (Wildman–Crippen MR) is 133 cm³/mol. The van der Waals surface area contributed by atoms with E-state index in [1.165, 1.54) is 4.90 Å². The Balaban J connectivity index is 1.88. The van der Waals surface area contributed by atoms with E-state index in [1.807, 2.05) is 30.3 Å². The smallest absolute Gasteiger partial charge is 0.408 e. The van der Waals surface area contributed by atoms with Crippen molar-refractivity contribution in [3.8, 4) is 5.75 Å². The van der Waals surface area contributed by atoms with Gasteiger partial charge in [0.2, 0.25) is 11.8 Å². The van der Waals surface area contributed by atoms with Gasteiger partial charge < -0.3 is 25.4 Å². The lowest BCUT2D eigenvalue weighted by Crippen LogP contribution is -2.53. The fourth-order valence-electron chi connectivity index (χ4n) is 3.98. The van der Waals surface area contributed by atoms with Gasteiger partial charge in [-0.25, -0.2) is 4.79 Å². The van der Waals surface area contributed by atoms with E-state index < -0.39 is 29.6 Å². The number of carbonyl (C=O) groups excluding carboxylic acids is 3. The van der Waals surface area contributed by atoms with E-state index in [2.05, 4.69) is 10.6 Å². The lowest BCUT2D eigenvalue weighted by Gasteiger charge is -2.42. The van der Waals surface area contributed by atoms with Crippen molar-refractivity contribution in [1.82, 2.24) is 15.5 Å². The third-order valence-corrected chi connectivity index (χ3v) is 5.94. The number of ether oxygens (including phenoxy) is 1. The largest absolute Gasteiger partial charge is 0.507 e. The minimum Gasteiger partial charge on any atom is -0.507 e. The first-order valence-electron chi connectivity index (χ1n) is 11.9. The van der Waals surface area contributed by atoms with Crippen LogP contribution in [-0.2, 0) is 20.9 Å². The summed E-state index contributed by atoms with van der Waals surface area (Å²) in [6.45, 7) is 6.93. The molecule has 188 valence electrons. The highest BCUT2D eigenvalue weighted by molar-refractivity contribution is 5.91. The van der Waals surface area contributed by atoms with Gasteiger partial charge in [-0.1, -0.05) is 48.5 Å². The Bertz CT molecular complexity index is 1040. The molecular formula is C27H35N3O5. The summed E-state index contributed by atoms with van der Waals surface area (Å²) in [6.07, 6.45) is 1.72. The Morgan fingerprint density at radius 3 is 2.34 bits per heavy atom. The molecule has 8 nitrogen and oxygen atoms in total. The zero-order valence-corrected chi connectivity index (χ0v) is 20.8. The van der Waals surface area contributed by atoms with Crippen molar-refractivity contribution in [1.29, 1.82) is 0 Å². The molecule has 2 aromatic carbocycles. The van der Waals surface area contributed by atoms with Gasteiger partial charge >= 0.3 is 6.09 Å². The Hall–Kier alpha value is -3.55. The number of hydrogen-bond donors (Lipinski definition) is 3. The van der Waals surface area contributed by atoms with Crippen molar-refractivity contribution in [2.24, 2.45) is 0 Å². The number of para-hydroxylation sites is 1. The highest BCUT2D eigenvalue weighted by Gasteiger charge is 2.40. The Morgan fingerprint density at radius 1 is 1.06 bits per heavy atom. The van der Waals surface area contributed by atoms with Crippen LogP contribution in [0.3, 0.4) is 0 Å². The van der Waals surface area contributed by atoms with Gasteiger partial charge in [-0.2, -0.15) is 0 Å².